The monoisotopic (exact) mass is 476 g/mol. The van der Waals surface area contributed by atoms with Gasteiger partial charge in [-0.3, -0.25) is 4.79 Å². The van der Waals surface area contributed by atoms with Crippen LogP contribution in [0.5, 0.6) is 23.0 Å². The van der Waals surface area contributed by atoms with Crippen LogP contribution in [0.4, 0.5) is 0 Å². The van der Waals surface area contributed by atoms with E-state index in [1.165, 1.54) is 38.3 Å². The summed E-state index contributed by atoms with van der Waals surface area (Å²) in [7, 11) is 1.38. The lowest BCUT2D eigenvalue weighted by Crippen LogP contribution is -2.60. The number of phenols is 2. The van der Waals surface area contributed by atoms with Gasteiger partial charge in [-0.25, -0.2) is 0 Å². The Morgan fingerprint density at radius 3 is 2.41 bits per heavy atom. The van der Waals surface area contributed by atoms with Gasteiger partial charge >= 0.3 is 0 Å². The van der Waals surface area contributed by atoms with Crippen molar-refractivity contribution in [3.05, 3.63) is 46.1 Å². The minimum atomic E-state index is -1.67. The lowest BCUT2D eigenvalue weighted by atomic mass is 9.99. The molecule has 2 heterocycles. The molecule has 0 saturated carbocycles. The van der Waals surface area contributed by atoms with E-state index < -0.39 is 48.5 Å². The smallest absolute Gasteiger partial charge is 0.229 e. The van der Waals surface area contributed by atoms with E-state index in [4.69, 9.17) is 18.6 Å². The van der Waals surface area contributed by atoms with Crippen LogP contribution >= 0.6 is 0 Å². The molecule has 1 aliphatic heterocycles. The second-order valence-electron chi connectivity index (χ2n) is 7.90. The van der Waals surface area contributed by atoms with Crippen LogP contribution in [-0.2, 0) is 4.74 Å². The summed E-state index contributed by atoms with van der Waals surface area (Å²) in [5.41, 5.74) is 0.0986. The molecule has 0 amide bonds. The molecule has 0 bridgehead atoms. The average Bonchev–Trinajstić information content (AvgIpc) is 2.81. The van der Waals surface area contributed by atoms with Gasteiger partial charge in [-0.15, -0.1) is 0 Å². The van der Waals surface area contributed by atoms with Gasteiger partial charge in [0.1, 0.15) is 52.6 Å². The molecule has 0 radical (unpaired) electrons. The number of ether oxygens (including phenoxy) is 3. The fourth-order valence-electron chi connectivity index (χ4n) is 3.82. The minimum absolute atomic E-state index is 0.0442. The largest absolute Gasteiger partial charge is 0.507 e. The van der Waals surface area contributed by atoms with Gasteiger partial charge in [0, 0.05) is 23.3 Å². The van der Waals surface area contributed by atoms with E-state index in [0.29, 0.717) is 5.56 Å². The number of benzene rings is 2. The van der Waals surface area contributed by atoms with Gasteiger partial charge in [0.15, 0.2) is 16.9 Å². The molecular formula is C23H24O11. The Kier molecular flexibility index (Phi) is 6.39. The van der Waals surface area contributed by atoms with Gasteiger partial charge in [-0.05, 0) is 25.1 Å². The Bertz CT molecular complexity index is 1270. The minimum Gasteiger partial charge on any atom is -0.507 e. The highest BCUT2D eigenvalue weighted by molar-refractivity contribution is 5.87. The quantitative estimate of drug-likeness (QED) is 0.299. The number of aliphatic hydroxyl groups is 4. The van der Waals surface area contributed by atoms with Crippen molar-refractivity contribution in [1.29, 1.82) is 0 Å². The van der Waals surface area contributed by atoms with E-state index in [1.54, 1.807) is 0 Å². The average molecular weight is 476 g/mol. The molecule has 1 fully saturated rings. The summed E-state index contributed by atoms with van der Waals surface area (Å²) >= 11 is 0. The van der Waals surface area contributed by atoms with Crippen molar-refractivity contribution in [2.45, 2.75) is 37.6 Å². The first kappa shape index (κ1) is 23.8. The summed E-state index contributed by atoms with van der Waals surface area (Å²) in [4.78, 5) is 13.0. The fraction of sp³-hybridized carbons (Fsp3) is 0.348. The fourth-order valence-corrected chi connectivity index (χ4v) is 3.82. The van der Waals surface area contributed by atoms with E-state index in [0.717, 1.165) is 6.07 Å². The number of hydrogen-bond donors (Lipinski definition) is 6. The molecule has 34 heavy (non-hydrogen) atoms. The van der Waals surface area contributed by atoms with Crippen LogP contribution in [-0.4, -0.2) is 75.1 Å². The third-order valence-electron chi connectivity index (χ3n) is 5.72. The SMILES string of the molecule is COc1cc(-c2oc3cc(OC4OC(CO)C(O)C(O)C4O)cc(O)c3c(=O)c2C)ccc1O. The molecule has 4 rings (SSSR count). The molecule has 6 N–H and O–H groups in total. The van der Waals surface area contributed by atoms with Crippen LogP contribution in [0.15, 0.2) is 39.5 Å². The summed E-state index contributed by atoms with van der Waals surface area (Å²) in [6, 6.07) is 6.81. The van der Waals surface area contributed by atoms with E-state index in [2.05, 4.69) is 0 Å². The molecule has 2 aromatic carbocycles. The van der Waals surface area contributed by atoms with Crippen molar-refractivity contribution < 1.29 is 49.3 Å². The van der Waals surface area contributed by atoms with Crippen LogP contribution in [0.3, 0.4) is 0 Å². The van der Waals surface area contributed by atoms with Crippen molar-refractivity contribution in [3.63, 3.8) is 0 Å². The van der Waals surface area contributed by atoms with Gasteiger partial charge in [0.25, 0.3) is 0 Å². The first-order valence-electron chi connectivity index (χ1n) is 10.3. The van der Waals surface area contributed by atoms with Crippen LogP contribution in [0.25, 0.3) is 22.3 Å². The van der Waals surface area contributed by atoms with Gasteiger partial charge in [0.2, 0.25) is 6.29 Å². The summed E-state index contributed by atoms with van der Waals surface area (Å²) in [6.07, 6.45) is -7.56. The maximum Gasteiger partial charge on any atom is 0.229 e. The molecule has 11 heteroatoms. The molecule has 1 saturated heterocycles. The molecule has 5 unspecified atom stereocenters. The topological polar surface area (TPSA) is 179 Å². The molecule has 11 nitrogen and oxygen atoms in total. The number of phenolic OH excluding ortho intramolecular Hbond substituents is 2. The second-order valence-corrected chi connectivity index (χ2v) is 7.90. The molecule has 3 aromatic rings. The Balaban J connectivity index is 1.77. The molecule has 1 aliphatic rings. The molecule has 0 spiro atoms. The van der Waals surface area contributed by atoms with Crippen LogP contribution in [0.1, 0.15) is 5.56 Å². The zero-order chi connectivity index (χ0) is 24.7. The van der Waals surface area contributed by atoms with Gasteiger partial charge in [0.05, 0.1) is 13.7 Å². The molecule has 0 aliphatic carbocycles. The van der Waals surface area contributed by atoms with E-state index in [1.807, 2.05) is 0 Å². The van der Waals surface area contributed by atoms with Crippen molar-refractivity contribution in [2.75, 3.05) is 13.7 Å². The van der Waals surface area contributed by atoms with Crippen LogP contribution < -0.4 is 14.9 Å². The van der Waals surface area contributed by atoms with E-state index >= 15 is 0 Å². The first-order valence-corrected chi connectivity index (χ1v) is 10.3. The number of hydrogen-bond acceptors (Lipinski definition) is 11. The van der Waals surface area contributed by atoms with E-state index in [-0.39, 0.29) is 39.5 Å². The maximum absolute atomic E-state index is 13.0. The first-order chi connectivity index (χ1) is 16.2. The standard InChI is InChI=1S/C23H24O11/c1-9-18(27)17-13(26)6-11(32-23-21(30)20(29)19(28)16(8-24)34-23)7-15(17)33-22(9)10-3-4-12(25)14(5-10)31-2/h3-7,16,19-21,23-26,28-30H,8H2,1-2H3. The molecule has 5 atom stereocenters. The third kappa shape index (κ3) is 4.04. The Morgan fingerprint density at radius 1 is 1.00 bits per heavy atom. The number of rotatable bonds is 5. The maximum atomic E-state index is 13.0. The number of aliphatic hydroxyl groups excluding tert-OH is 4. The summed E-state index contributed by atoms with van der Waals surface area (Å²) in [5.74, 6) is -0.290. The predicted octanol–water partition coefficient (Wildman–Crippen LogP) is 0.367. The van der Waals surface area contributed by atoms with E-state index in [9.17, 15) is 35.4 Å². The Hall–Kier alpha value is -3.35. The molecule has 1 aromatic heterocycles. The molecular weight excluding hydrogens is 452 g/mol. The summed E-state index contributed by atoms with van der Waals surface area (Å²) in [5, 5.41) is 59.7. The van der Waals surface area contributed by atoms with Crippen molar-refractivity contribution in [3.8, 4) is 34.3 Å². The highest BCUT2D eigenvalue weighted by Gasteiger charge is 2.44. The number of fused-ring (bicyclic) bond motifs is 1. The lowest BCUT2D eigenvalue weighted by Gasteiger charge is -2.39. The third-order valence-corrected chi connectivity index (χ3v) is 5.72. The van der Waals surface area contributed by atoms with Gasteiger partial charge in [-0.1, -0.05) is 0 Å². The van der Waals surface area contributed by atoms with Crippen LogP contribution in [0, 0.1) is 6.92 Å². The van der Waals surface area contributed by atoms with Crippen LogP contribution in [0.2, 0.25) is 0 Å². The van der Waals surface area contributed by atoms with Gasteiger partial charge < -0.3 is 49.3 Å². The number of aromatic hydroxyl groups is 2. The van der Waals surface area contributed by atoms with Crippen molar-refractivity contribution >= 4 is 11.0 Å². The zero-order valence-electron chi connectivity index (χ0n) is 18.2. The Labute approximate surface area is 192 Å². The predicted molar refractivity (Wildman–Crippen MR) is 117 cm³/mol. The van der Waals surface area contributed by atoms with Crippen molar-refractivity contribution in [1.82, 2.24) is 0 Å². The summed E-state index contributed by atoms with van der Waals surface area (Å²) < 4.78 is 21.9. The zero-order valence-corrected chi connectivity index (χ0v) is 18.2. The second kappa shape index (κ2) is 9.12. The number of methoxy groups -OCH3 is 1. The highest BCUT2D eigenvalue weighted by Crippen LogP contribution is 2.36. The van der Waals surface area contributed by atoms with Gasteiger partial charge in [-0.2, -0.15) is 0 Å². The summed E-state index contributed by atoms with van der Waals surface area (Å²) in [6.45, 7) is 0.888. The Morgan fingerprint density at radius 2 is 1.74 bits per heavy atom. The van der Waals surface area contributed by atoms with Crippen molar-refractivity contribution in [2.24, 2.45) is 0 Å². The normalized spacial score (nSPS) is 24.8. The lowest BCUT2D eigenvalue weighted by molar-refractivity contribution is -0.277. The highest BCUT2D eigenvalue weighted by atomic mass is 16.7. The molecule has 182 valence electrons.